The van der Waals surface area contributed by atoms with Crippen LogP contribution in [0.3, 0.4) is 0 Å². The summed E-state index contributed by atoms with van der Waals surface area (Å²) in [5.41, 5.74) is 0.193. The van der Waals surface area contributed by atoms with Crippen LogP contribution in [-0.4, -0.2) is 35.2 Å². The highest BCUT2D eigenvalue weighted by molar-refractivity contribution is 7.93. The highest BCUT2D eigenvalue weighted by Crippen LogP contribution is 2.18. The van der Waals surface area contributed by atoms with Crippen molar-refractivity contribution in [3.63, 3.8) is 0 Å². The molecule has 1 aliphatic rings. The first kappa shape index (κ1) is 14.3. The monoisotopic (exact) mass is 305 g/mol. The lowest BCUT2D eigenvalue weighted by molar-refractivity contribution is 0.587. The highest BCUT2D eigenvalue weighted by Gasteiger charge is 2.28. The zero-order valence-electron chi connectivity index (χ0n) is 10.0. The van der Waals surface area contributed by atoms with E-state index in [4.69, 9.17) is 5.14 Å². The Kier molecular flexibility index (Phi) is 3.81. The Balaban J connectivity index is 2.24. The fourth-order valence-corrected chi connectivity index (χ4v) is 3.82. The fraction of sp³-hybridized carbons (Fsp3) is 0.400. The van der Waals surface area contributed by atoms with Crippen molar-refractivity contribution in [2.75, 3.05) is 17.8 Å². The standard InChI is InChI=1S/C10H15N3O4S2/c11-18(14,15)9-3-1-2-8(6-9)13-19(16,17)10-4-5-12-7-10/h1-3,6,10,12-13H,4-5,7H2,(H2,11,14,15). The maximum atomic E-state index is 12.0. The molecule has 0 bridgehead atoms. The van der Waals surface area contributed by atoms with Crippen molar-refractivity contribution in [2.45, 2.75) is 16.6 Å². The lowest BCUT2D eigenvalue weighted by Crippen LogP contribution is -2.29. The van der Waals surface area contributed by atoms with Gasteiger partial charge in [0.15, 0.2) is 0 Å². The summed E-state index contributed by atoms with van der Waals surface area (Å²) in [6.07, 6.45) is 0.532. The van der Waals surface area contributed by atoms with E-state index < -0.39 is 25.3 Å². The van der Waals surface area contributed by atoms with E-state index in [1.807, 2.05) is 0 Å². The van der Waals surface area contributed by atoms with Crippen molar-refractivity contribution in [1.82, 2.24) is 5.32 Å². The number of primary sulfonamides is 1. The van der Waals surface area contributed by atoms with Crippen molar-refractivity contribution < 1.29 is 16.8 Å². The summed E-state index contributed by atoms with van der Waals surface area (Å²) in [4.78, 5) is -0.128. The molecule has 1 atom stereocenters. The Labute approximate surface area is 112 Å². The molecule has 1 aromatic carbocycles. The van der Waals surface area contributed by atoms with Gasteiger partial charge in [-0.25, -0.2) is 22.0 Å². The van der Waals surface area contributed by atoms with Crippen LogP contribution >= 0.6 is 0 Å². The van der Waals surface area contributed by atoms with Crippen molar-refractivity contribution >= 4 is 25.7 Å². The van der Waals surface area contributed by atoms with Crippen LogP contribution < -0.4 is 15.2 Å². The summed E-state index contributed by atoms with van der Waals surface area (Å²) in [6, 6.07) is 5.43. The molecule has 1 saturated heterocycles. The number of sulfonamides is 2. The van der Waals surface area contributed by atoms with Gasteiger partial charge in [-0.05, 0) is 31.2 Å². The summed E-state index contributed by atoms with van der Waals surface area (Å²) in [5.74, 6) is 0. The number of anilines is 1. The van der Waals surface area contributed by atoms with Gasteiger partial charge in [0, 0.05) is 12.2 Å². The average molecular weight is 305 g/mol. The zero-order chi connectivity index (χ0) is 14.1. The molecule has 7 nitrogen and oxygen atoms in total. The third-order valence-electron chi connectivity index (χ3n) is 2.88. The molecular weight excluding hydrogens is 290 g/mol. The van der Waals surface area contributed by atoms with E-state index >= 15 is 0 Å². The smallest absolute Gasteiger partial charge is 0.238 e. The highest BCUT2D eigenvalue weighted by atomic mass is 32.2. The third-order valence-corrected chi connectivity index (χ3v) is 5.59. The molecule has 19 heavy (non-hydrogen) atoms. The van der Waals surface area contributed by atoms with Crippen LogP contribution in [0.2, 0.25) is 0 Å². The first-order valence-corrected chi connectivity index (χ1v) is 8.73. The normalized spacial score (nSPS) is 20.4. The van der Waals surface area contributed by atoms with E-state index in [1.165, 1.54) is 24.3 Å². The van der Waals surface area contributed by atoms with Crippen LogP contribution in [0.1, 0.15) is 6.42 Å². The van der Waals surface area contributed by atoms with Gasteiger partial charge in [-0.1, -0.05) is 6.07 Å². The molecule has 0 spiro atoms. The predicted octanol–water partition coefficient (Wildman–Crippen LogP) is -0.562. The second-order valence-electron chi connectivity index (χ2n) is 4.33. The molecule has 2 rings (SSSR count). The summed E-state index contributed by atoms with van der Waals surface area (Å²) in [7, 11) is -7.37. The van der Waals surface area contributed by atoms with Gasteiger partial charge in [-0.2, -0.15) is 0 Å². The van der Waals surface area contributed by atoms with E-state index in [0.717, 1.165) is 0 Å². The number of hydrogen-bond acceptors (Lipinski definition) is 5. The molecule has 0 aliphatic carbocycles. The molecule has 0 saturated carbocycles. The third kappa shape index (κ3) is 3.44. The molecule has 0 aromatic heterocycles. The second kappa shape index (κ2) is 5.08. The summed E-state index contributed by atoms with van der Waals surface area (Å²) >= 11 is 0. The molecule has 0 amide bonds. The molecule has 106 valence electrons. The molecular formula is C10H15N3O4S2. The van der Waals surface area contributed by atoms with Gasteiger partial charge in [0.2, 0.25) is 20.0 Å². The Morgan fingerprint density at radius 3 is 2.58 bits per heavy atom. The van der Waals surface area contributed by atoms with E-state index in [0.29, 0.717) is 19.5 Å². The first-order valence-electron chi connectivity index (χ1n) is 5.64. The quantitative estimate of drug-likeness (QED) is 0.689. The van der Waals surface area contributed by atoms with Gasteiger partial charge in [0.1, 0.15) is 0 Å². The number of nitrogens with two attached hydrogens (primary N) is 1. The molecule has 1 unspecified atom stereocenters. The van der Waals surface area contributed by atoms with Crippen LogP contribution in [0.5, 0.6) is 0 Å². The predicted molar refractivity (Wildman–Crippen MR) is 71.6 cm³/mol. The van der Waals surface area contributed by atoms with Crippen molar-refractivity contribution in [2.24, 2.45) is 5.14 Å². The summed E-state index contributed by atoms with van der Waals surface area (Å²) in [5, 5.41) is 7.45. The minimum atomic E-state index is -3.85. The Morgan fingerprint density at radius 2 is 2.00 bits per heavy atom. The Bertz CT molecular complexity index is 664. The van der Waals surface area contributed by atoms with Gasteiger partial charge in [0.25, 0.3) is 0 Å². The molecule has 1 aromatic rings. The van der Waals surface area contributed by atoms with Crippen LogP contribution in [-0.2, 0) is 20.0 Å². The number of nitrogens with one attached hydrogen (secondary N) is 2. The average Bonchev–Trinajstić information content (AvgIpc) is 2.81. The fourth-order valence-electron chi connectivity index (χ4n) is 1.88. The first-order chi connectivity index (χ1) is 8.79. The SMILES string of the molecule is NS(=O)(=O)c1cccc(NS(=O)(=O)C2CCNC2)c1. The minimum absolute atomic E-state index is 0.128. The van der Waals surface area contributed by atoms with Gasteiger partial charge >= 0.3 is 0 Å². The number of benzene rings is 1. The van der Waals surface area contributed by atoms with Crippen molar-refractivity contribution in [1.29, 1.82) is 0 Å². The van der Waals surface area contributed by atoms with Crippen LogP contribution in [0.25, 0.3) is 0 Å². The van der Waals surface area contributed by atoms with Crippen LogP contribution in [0, 0.1) is 0 Å². The van der Waals surface area contributed by atoms with E-state index in [1.54, 1.807) is 0 Å². The van der Waals surface area contributed by atoms with E-state index in [-0.39, 0.29) is 10.6 Å². The largest absolute Gasteiger partial charge is 0.315 e. The van der Waals surface area contributed by atoms with Crippen LogP contribution in [0.4, 0.5) is 5.69 Å². The molecule has 9 heteroatoms. The molecule has 4 N–H and O–H groups in total. The maximum Gasteiger partial charge on any atom is 0.238 e. The van der Waals surface area contributed by atoms with Gasteiger partial charge in [0.05, 0.1) is 10.1 Å². The number of hydrogen-bond donors (Lipinski definition) is 3. The lowest BCUT2D eigenvalue weighted by Gasteiger charge is -2.13. The number of rotatable bonds is 4. The van der Waals surface area contributed by atoms with Gasteiger partial charge in [-0.3, -0.25) is 4.72 Å². The topological polar surface area (TPSA) is 118 Å². The minimum Gasteiger partial charge on any atom is -0.315 e. The van der Waals surface area contributed by atoms with E-state index in [2.05, 4.69) is 10.0 Å². The van der Waals surface area contributed by atoms with Crippen LogP contribution in [0.15, 0.2) is 29.2 Å². The second-order valence-corrected chi connectivity index (χ2v) is 7.86. The van der Waals surface area contributed by atoms with Gasteiger partial charge in [-0.15, -0.1) is 0 Å². The Morgan fingerprint density at radius 1 is 1.26 bits per heavy atom. The maximum absolute atomic E-state index is 12.0. The van der Waals surface area contributed by atoms with Gasteiger partial charge < -0.3 is 5.32 Å². The molecule has 1 heterocycles. The van der Waals surface area contributed by atoms with Crippen molar-refractivity contribution in [3.8, 4) is 0 Å². The molecule has 0 radical (unpaired) electrons. The van der Waals surface area contributed by atoms with E-state index in [9.17, 15) is 16.8 Å². The molecule has 1 fully saturated rings. The Hall–Kier alpha value is -1.16. The zero-order valence-corrected chi connectivity index (χ0v) is 11.7. The summed E-state index contributed by atoms with van der Waals surface area (Å²) in [6.45, 7) is 1.05. The summed E-state index contributed by atoms with van der Waals surface area (Å²) < 4.78 is 48.8. The van der Waals surface area contributed by atoms with Crippen molar-refractivity contribution in [3.05, 3.63) is 24.3 Å². The lowest BCUT2D eigenvalue weighted by atomic mass is 10.3. The molecule has 1 aliphatic heterocycles.